The van der Waals surface area contributed by atoms with E-state index in [-0.39, 0.29) is 6.04 Å². The normalized spacial score (nSPS) is 15.6. The molecule has 0 aliphatic carbocycles. The molecule has 6 nitrogen and oxygen atoms in total. The van der Waals surface area contributed by atoms with E-state index >= 15 is 0 Å². The van der Waals surface area contributed by atoms with Crippen LogP contribution in [-0.2, 0) is 0 Å². The highest BCUT2D eigenvalue weighted by molar-refractivity contribution is 5.39. The molecule has 0 aliphatic heterocycles. The molecular formula is C8H11N5O. The first-order valence-electron chi connectivity index (χ1n) is 4.30. The molecule has 14 heavy (non-hydrogen) atoms. The lowest BCUT2D eigenvalue weighted by atomic mass is 10.1. The van der Waals surface area contributed by atoms with Crippen molar-refractivity contribution in [3.05, 3.63) is 23.9 Å². The highest BCUT2D eigenvalue weighted by Gasteiger charge is 2.13. The summed E-state index contributed by atoms with van der Waals surface area (Å²) < 4.78 is 1.53. The van der Waals surface area contributed by atoms with Gasteiger partial charge in [0.25, 0.3) is 0 Å². The van der Waals surface area contributed by atoms with Crippen LogP contribution in [0.25, 0.3) is 5.65 Å². The number of hydrogen-bond donors (Lipinski definition) is 2. The van der Waals surface area contributed by atoms with E-state index in [1.165, 1.54) is 4.52 Å². The zero-order valence-electron chi connectivity index (χ0n) is 7.70. The van der Waals surface area contributed by atoms with Gasteiger partial charge in [0, 0.05) is 12.2 Å². The molecule has 2 aromatic heterocycles. The van der Waals surface area contributed by atoms with Crippen LogP contribution in [0.4, 0.5) is 0 Å². The fourth-order valence-corrected chi connectivity index (χ4v) is 1.24. The Labute approximate surface area is 80.3 Å². The summed E-state index contributed by atoms with van der Waals surface area (Å²) in [5, 5.41) is 20.7. The molecule has 0 saturated carbocycles. The summed E-state index contributed by atoms with van der Waals surface area (Å²) in [4.78, 5) is 0. The van der Waals surface area contributed by atoms with Crippen LogP contribution in [0, 0.1) is 0 Å². The van der Waals surface area contributed by atoms with Crippen molar-refractivity contribution < 1.29 is 5.11 Å². The van der Waals surface area contributed by atoms with Crippen molar-refractivity contribution in [2.45, 2.75) is 19.1 Å². The lowest BCUT2D eigenvalue weighted by molar-refractivity contribution is 0.153. The van der Waals surface area contributed by atoms with Crippen molar-refractivity contribution in [3.8, 4) is 0 Å². The van der Waals surface area contributed by atoms with Crippen molar-refractivity contribution in [1.29, 1.82) is 0 Å². The average molecular weight is 193 g/mol. The van der Waals surface area contributed by atoms with Gasteiger partial charge in [-0.25, -0.2) is 4.52 Å². The molecule has 2 rings (SSSR count). The molecule has 2 atom stereocenters. The molecule has 0 fully saturated rings. The van der Waals surface area contributed by atoms with Crippen LogP contribution < -0.4 is 5.73 Å². The Morgan fingerprint density at radius 2 is 2.36 bits per heavy atom. The lowest BCUT2D eigenvalue weighted by Crippen LogP contribution is -2.24. The van der Waals surface area contributed by atoms with Gasteiger partial charge >= 0.3 is 0 Å². The standard InChI is InChI=1S/C8H11N5O/c1-5(9)8(14)6-2-3-13-7(4-6)10-11-12-13/h2-5,8,14H,9H2,1H3. The van der Waals surface area contributed by atoms with Gasteiger partial charge in [-0.1, -0.05) is 0 Å². The largest absolute Gasteiger partial charge is 0.387 e. The maximum absolute atomic E-state index is 9.69. The van der Waals surface area contributed by atoms with Gasteiger partial charge in [-0.3, -0.25) is 0 Å². The summed E-state index contributed by atoms with van der Waals surface area (Å²) in [6.07, 6.45) is 1.01. The Bertz CT molecular complexity index is 438. The molecule has 0 spiro atoms. The van der Waals surface area contributed by atoms with Gasteiger partial charge < -0.3 is 10.8 Å². The number of aromatic nitrogens is 4. The summed E-state index contributed by atoms with van der Waals surface area (Å²) in [6.45, 7) is 1.75. The van der Waals surface area contributed by atoms with E-state index < -0.39 is 6.10 Å². The maximum Gasteiger partial charge on any atom is 0.179 e. The van der Waals surface area contributed by atoms with Gasteiger partial charge in [0.2, 0.25) is 0 Å². The zero-order chi connectivity index (χ0) is 10.1. The number of aliphatic hydroxyl groups is 1. The SMILES string of the molecule is CC(N)C(O)c1ccn2nnnc2c1. The van der Waals surface area contributed by atoms with Crippen LogP contribution >= 0.6 is 0 Å². The number of rotatable bonds is 2. The molecule has 2 heterocycles. The van der Waals surface area contributed by atoms with Gasteiger partial charge in [-0.15, -0.1) is 5.10 Å². The van der Waals surface area contributed by atoms with Crippen LogP contribution in [-0.4, -0.2) is 31.2 Å². The maximum atomic E-state index is 9.69. The number of nitrogens with zero attached hydrogens (tertiary/aromatic N) is 4. The van der Waals surface area contributed by atoms with Crippen molar-refractivity contribution in [2.24, 2.45) is 5.73 Å². The number of aliphatic hydroxyl groups excluding tert-OH is 1. The third kappa shape index (κ3) is 1.45. The van der Waals surface area contributed by atoms with Crippen LogP contribution in [0.3, 0.4) is 0 Å². The number of tetrazole rings is 1. The molecule has 74 valence electrons. The predicted molar refractivity (Wildman–Crippen MR) is 49.4 cm³/mol. The summed E-state index contributed by atoms with van der Waals surface area (Å²) in [6, 6.07) is 3.15. The molecule has 3 N–H and O–H groups in total. The average Bonchev–Trinajstić information content (AvgIpc) is 2.62. The smallest absolute Gasteiger partial charge is 0.179 e. The fourth-order valence-electron chi connectivity index (χ4n) is 1.24. The minimum absolute atomic E-state index is 0.312. The first-order chi connectivity index (χ1) is 6.68. The van der Waals surface area contributed by atoms with Crippen LogP contribution in [0.15, 0.2) is 18.3 Å². The molecule has 0 aromatic carbocycles. The van der Waals surface area contributed by atoms with Gasteiger partial charge in [0.15, 0.2) is 5.65 Å². The first kappa shape index (κ1) is 9.04. The molecule has 0 bridgehead atoms. The topological polar surface area (TPSA) is 89.3 Å². The first-order valence-corrected chi connectivity index (χ1v) is 4.30. The Hall–Kier alpha value is -1.53. The lowest BCUT2D eigenvalue weighted by Gasteiger charge is -2.14. The van der Waals surface area contributed by atoms with Gasteiger partial charge in [-0.05, 0) is 35.0 Å². The van der Waals surface area contributed by atoms with Crippen molar-refractivity contribution in [3.63, 3.8) is 0 Å². The third-order valence-electron chi connectivity index (χ3n) is 2.06. The Morgan fingerprint density at radius 1 is 1.57 bits per heavy atom. The Morgan fingerprint density at radius 3 is 3.07 bits per heavy atom. The molecule has 2 aromatic rings. The molecule has 6 heteroatoms. The van der Waals surface area contributed by atoms with Crippen molar-refractivity contribution >= 4 is 5.65 Å². The van der Waals surface area contributed by atoms with Crippen molar-refractivity contribution in [1.82, 2.24) is 20.0 Å². The minimum Gasteiger partial charge on any atom is -0.387 e. The highest BCUT2D eigenvalue weighted by Crippen LogP contribution is 2.15. The zero-order valence-corrected chi connectivity index (χ0v) is 7.70. The number of hydrogen-bond acceptors (Lipinski definition) is 5. The molecule has 2 unspecified atom stereocenters. The molecule has 0 amide bonds. The van der Waals surface area contributed by atoms with Crippen molar-refractivity contribution in [2.75, 3.05) is 0 Å². The Kier molecular flexibility index (Phi) is 2.14. The highest BCUT2D eigenvalue weighted by atomic mass is 16.3. The van der Waals surface area contributed by atoms with E-state index in [4.69, 9.17) is 5.73 Å². The fraction of sp³-hybridized carbons (Fsp3) is 0.375. The second kappa shape index (κ2) is 3.32. The summed E-state index contributed by atoms with van der Waals surface area (Å²) in [7, 11) is 0. The number of pyridine rings is 1. The van der Waals surface area contributed by atoms with Gasteiger partial charge in [0.05, 0.1) is 6.10 Å². The van der Waals surface area contributed by atoms with Gasteiger partial charge in [-0.2, -0.15) is 0 Å². The number of nitrogens with two attached hydrogens (primary N) is 1. The summed E-state index contributed by atoms with van der Waals surface area (Å²) in [5.41, 5.74) is 6.90. The van der Waals surface area contributed by atoms with Crippen LogP contribution in [0.1, 0.15) is 18.6 Å². The predicted octanol–water partition coefficient (Wildman–Crippen LogP) is -0.495. The Balaban J connectivity index is 2.43. The second-order valence-electron chi connectivity index (χ2n) is 3.25. The van der Waals surface area contributed by atoms with E-state index in [9.17, 15) is 5.11 Å². The van der Waals surface area contributed by atoms with Crippen LogP contribution in [0.5, 0.6) is 0 Å². The second-order valence-corrected chi connectivity index (χ2v) is 3.25. The summed E-state index contributed by atoms with van der Waals surface area (Å²) >= 11 is 0. The molecule has 0 radical (unpaired) electrons. The van der Waals surface area contributed by atoms with E-state index in [2.05, 4.69) is 15.5 Å². The van der Waals surface area contributed by atoms with E-state index in [0.717, 1.165) is 5.56 Å². The molecule has 0 aliphatic rings. The van der Waals surface area contributed by atoms with Crippen LogP contribution in [0.2, 0.25) is 0 Å². The van der Waals surface area contributed by atoms with Gasteiger partial charge in [0.1, 0.15) is 0 Å². The monoisotopic (exact) mass is 193 g/mol. The number of fused-ring (bicyclic) bond motifs is 1. The quantitative estimate of drug-likeness (QED) is 0.671. The van der Waals surface area contributed by atoms with E-state index in [1.807, 2.05) is 0 Å². The van der Waals surface area contributed by atoms with E-state index in [0.29, 0.717) is 5.65 Å². The minimum atomic E-state index is -0.684. The molecule has 0 saturated heterocycles. The third-order valence-corrected chi connectivity index (χ3v) is 2.06. The summed E-state index contributed by atoms with van der Waals surface area (Å²) in [5.74, 6) is 0. The van der Waals surface area contributed by atoms with E-state index in [1.54, 1.807) is 25.3 Å². The molecular weight excluding hydrogens is 182 g/mol.